The SMILES string of the molecule is [3H]C.[C-]#[N+]C1=C[C@]2(C)c3nn(C)c(C#C)c3CC[C@H]2C(C)(C)C1=O.[C-]#[N+]C1C[C@]2(C)c3nn(C)c(C#C)c3CC[C@H]2C(C)(C)C1=O. The number of fused-ring (bicyclic) bond motifs is 6. The highest BCUT2D eigenvalue weighted by Gasteiger charge is 2.61. The number of carbonyl (C=O) groups excluding carboxylic acids is 2. The van der Waals surface area contributed by atoms with Gasteiger partial charge in [-0.1, -0.05) is 66.9 Å². The monoisotopic (exact) mass is 606 g/mol. The van der Waals surface area contributed by atoms with Gasteiger partial charge in [-0.3, -0.25) is 14.2 Å². The first-order valence-electron chi connectivity index (χ1n) is 16.2. The Labute approximate surface area is 269 Å². The van der Waals surface area contributed by atoms with Crippen LogP contribution in [-0.2, 0) is 47.4 Å². The molecule has 45 heavy (non-hydrogen) atoms. The van der Waals surface area contributed by atoms with E-state index in [4.69, 9.17) is 32.5 Å². The van der Waals surface area contributed by atoms with E-state index in [9.17, 15) is 9.59 Å². The second kappa shape index (κ2) is 10.9. The number of aromatic nitrogens is 4. The van der Waals surface area contributed by atoms with Gasteiger partial charge in [0.15, 0.2) is 5.78 Å². The lowest BCUT2D eigenvalue weighted by molar-refractivity contribution is -0.137. The molecule has 6 rings (SSSR count). The van der Waals surface area contributed by atoms with Gasteiger partial charge in [-0.25, -0.2) is 11.4 Å². The maximum Gasteiger partial charge on any atom is 0.282 e. The van der Waals surface area contributed by atoms with Crippen LogP contribution in [0.1, 0.15) is 103 Å². The van der Waals surface area contributed by atoms with Gasteiger partial charge in [0.2, 0.25) is 11.5 Å². The van der Waals surface area contributed by atoms with E-state index in [0.717, 1.165) is 59.6 Å². The fraction of sp³-hybridized carbons (Fsp3) is 0.568. The summed E-state index contributed by atoms with van der Waals surface area (Å²) in [6.07, 6.45) is 17.2. The van der Waals surface area contributed by atoms with Crippen LogP contribution in [0.3, 0.4) is 0 Å². The van der Waals surface area contributed by atoms with Crippen molar-refractivity contribution in [1.82, 2.24) is 19.6 Å². The molecule has 8 heteroatoms. The van der Waals surface area contributed by atoms with Crippen molar-refractivity contribution in [3.63, 3.8) is 0 Å². The van der Waals surface area contributed by atoms with Crippen LogP contribution in [0.2, 0.25) is 0 Å². The molecule has 0 aromatic carbocycles. The Morgan fingerprint density at radius 3 is 1.93 bits per heavy atom. The van der Waals surface area contributed by atoms with Gasteiger partial charge in [0, 0.05) is 54.7 Å². The zero-order valence-electron chi connectivity index (χ0n) is 29.0. The molecule has 0 spiro atoms. The van der Waals surface area contributed by atoms with Gasteiger partial charge in [-0.2, -0.15) is 10.2 Å². The largest absolute Gasteiger partial charge is 0.307 e. The molecule has 234 valence electrons. The number of terminal acetylenes is 2. The molecule has 2 aromatic rings. The van der Waals surface area contributed by atoms with E-state index in [0.29, 0.717) is 6.42 Å². The molecule has 1 unspecified atom stereocenters. The minimum atomic E-state index is -0.571. The second-order valence-electron chi connectivity index (χ2n) is 14.4. The van der Waals surface area contributed by atoms with Crippen molar-refractivity contribution in [2.75, 3.05) is 0 Å². The first-order valence-corrected chi connectivity index (χ1v) is 15.2. The predicted octanol–water partition coefficient (Wildman–Crippen LogP) is 5.78. The molecule has 0 bridgehead atoms. The van der Waals surface area contributed by atoms with E-state index >= 15 is 0 Å². The van der Waals surface area contributed by atoms with Crippen molar-refractivity contribution in [2.24, 2.45) is 36.8 Å². The molecule has 0 radical (unpaired) electrons. The first kappa shape index (κ1) is 32.0. The predicted molar refractivity (Wildman–Crippen MR) is 175 cm³/mol. The molecule has 0 aliphatic heterocycles. The number of hydrogen-bond acceptors (Lipinski definition) is 4. The average molecular weight is 607 g/mol. The Balaban J connectivity index is 0.000000198. The van der Waals surface area contributed by atoms with Crippen molar-refractivity contribution in [3.8, 4) is 24.7 Å². The molecule has 5 atom stereocenters. The summed E-state index contributed by atoms with van der Waals surface area (Å²) in [6.45, 7) is 26.9. The van der Waals surface area contributed by atoms with Crippen LogP contribution in [-0.4, -0.2) is 37.2 Å². The molecule has 8 nitrogen and oxygen atoms in total. The van der Waals surface area contributed by atoms with Gasteiger partial charge in [0.1, 0.15) is 11.4 Å². The molecule has 2 heterocycles. The van der Waals surface area contributed by atoms with Crippen molar-refractivity contribution in [1.29, 1.82) is 0 Å². The van der Waals surface area contributed by atoms with Crippen LogP contribution >= 0.6 is 0 Å². The fourth-order valence-corrected chi connectivity index (χ4v) is 9.18. The first-order chi connectivity index (χ1) is 21.5. The molecule has 1 fully saturated rings. The topological polar surface area (TPSA) is 78.5 Å². The molecule has 4 aliphatic rings. The van der Waals surface area contributed by atoms with Crippen LogP contribution in [0.5, 0.6) is 0 Å². The van der Waals surface area contributed by atoms with E-state index in [1.807, 2.05) is 47.9 Å². The number of carbonyl (C=O) groups is 2. The minimum absolute atomic E-state index is 0.0541. The highest BCUT2D eigenvalue weighted by molar-refractivity contribution is 6.02. The molecular weight excluding hydrogens is 560 g/mol. The lowest BCUT2D eigenvalue weighted by atomic mass is 9.50. The van der Waals surface area contributed by atoms with Gasteiger partial charge in [0.25, 0.3) is 6.04 Å². The van der Waals surface area contributed by atoms with Crippen molar-refractivity contribution >= 4 is 11.6 Å². The number of nitrogens with zero attached hydrogens (tertiary/aromatic N) is 6. The molecule has 2 aromatic heterocycles. The molecular formula is C37H44N6O2. The van der Waals surface area contributed by atoms with Crippen LogP contribution in [0, 0.1) is 60.5 Å². The van der Waals surface area contributed by atoms with Crippen LogP contribution in [0.4, 0.5) is 0 Å². The van der Waals surface area contributed by atoms with Crippen LogP contribution in [0.25, 0.3) is 9.69 Å². The Kier molecular flexibility index (Phi) is 7.75. The summed E-state index contributed by atoms with van der Waals surface area (Å²) in [5.74, 6) is 5.84. The quantitative estimate of drug-likeness (QED) is 0.282. The smallest absolute Gasteiger partial charge is 0.282 e. The summed E-state index contributed by atoms with van der Waals surface area (Å²) in [5.41, 5.74) is 4.31. The number of ketones is 2. The molecule has 1 saturated carbocycles. The van der Waals surface area contributed by atoms with Crippen LogP contribution < -0.4 is 0 Å². The summed E-state index contributed by atoms with van der Waals surface area (Å²) >= 11 is 0. The van der Waals surface area contributed by atoms with Gasteiger partial charge in [-0.05, 0) is 37.5 Å². The molecule has 4 aliphatic carbocycles. The zero-order chi connectivity index (χ0) is 34.6. The molecule has 0 saturated heterocycles. The van der Waals surface area contributed by atoms with Crippen molar-refractivity contribution in [2.45, 2.75) is 97.9 Å². The summed E-state index contributed by atoms with van der Waals surface area (Å²) in [5, 5.41) is 9.35. The maximum atomic E-state index is 12.6. The van der Waals surface area contributed by atoms with Gasteiger partial charge in [-0.15, -0.1) is 12.8 Å². The fourth-order valence-electron chi connectivity index (χ4n) is 9.18. The lowest BCUT2D eigenvalue weighted by Gasteiger charge is -2.51. The second-order valence-corrected chi connectivity index (χ2v) is 14.4. The van der Waals surface area contributed by atoms with E-state index in [1.54, 1.807) is 9.36 Å². The summed E-state index contributed by atoms with van der Waals surface area (Å²) < 4.78 is 9.27. The van der Waals surface area contributed by atoms with Gasteiger partial charge < -0.3 is 9.64 Å². The Hall–Kier alpha value is -4.40. The summed E-state index contributed by atoms with van der Waals surface area (Å²) in [6, 6.07) is -0.571. The van der Waals surface area contributed by atoms with Gasteiger partial charge >= 0.3 is 0 Å². The minimum Gasteiger partial charge on any atom is -0.307 e. The number of hydrogen-bond donors (Lipinski definition) is 0. The third kappa shape index (κ3) is 4.50. The molecule has 0 amide bonds. The lowest BCUT2D eigenvalue weighted by Crippen LogP contribution is -2.56. The normalized spacial score (nSPS) is 30.2. The highest BCUT2D eigenvalue weighted by Crippen LogP contribution is 2.57. The highest BCUT2D eigenvalue weighted by atomic mass is 16.1. The Bertz CT molecular complexity index is 1810. The summed E-state index contributed by atoms with van der Waals surface area (Å²) in [4.78, 5) is 32.3. The Morgan fingerprint density at radius 1 is 0.911 bits per heavy atom. The third-order valence-electron chi connectivity index (χ3n) is 11.3. The van der Waals surface area contributed by atoms with E-state index in [2.05, 4.69) is 40.5 Å². The van der Waals surface area contributed by atoms with Gasteiger partial charge in [0.05, 0.1) is 18.0 Å². The van der Waals surface area contributed by atoms with E-state index in [1.165, 1.54) is 7.40 Å². The standard InChI is InChI=1S/C18H21N3O.C18H19N3O.CH4/c2*1-7-13-11-8-9-14-17(2,3)16(22)12(19-5)10-18(14,4)15(11)20-21(13)6;/h1,12,14H,8-10H2,2-4,6H3;1,10,14H,8-9H2,2-4,6H3;1H4/t12?,14-,18-;14-,18-;/m00./s1/i;;1T. The van der Waals surface area contributed by atoms with Crippen LogP contribution in [0.15, 0.2) is 11.8 Å². The number of rotatable bonds is 0. The number of aryl methyl sites for hydroxylation is 2. The number of allylic oxidation sites excluding steroid dienone is 2. The van der Waals surface area contributed by atoms with E-state index < -0.39 is 22.3 Å². The third-order valence-corrected chi connectivity index (χ3v) is 11.3. The van der Waals surface area contributed by atoms with Crippen molar-refractivity contribution < 1.29 is 11.0 Å². The van der Waals surface area contributed by atoms with Crippen molar-refractivity contribution in [3.05, 3.63) is 68.5 Å². The van der Waals surface area contributed by atoms with E-state index in [-0.39, 0.29) is 34.5 Å². The average Bonchev–Trinajstić information content (AvgIpc) is 3.54. The number of Topliss-reactive ketones (excluding diaryl/α,β-unsaturated/α-hetero) is 2. The summed E-state index contributed by atoms with van der Waals surface area (Å²) in [7, 11) is 4.97. The molecule has 0 N–H and O–H groups in total. The zero-order valence-corrected chi connectivity index (χ0v) is 28.0. The maximum absolute atomic E-state index is 12.6. The Morgan fingerprint density at radius 2 is 1.42 bits per heavy atom.